The number of thiol groups is 1. The van der Waals surface area contributed by atoms with Gasteiger partial charge in [-0.15, -0.1) is 0 Å². The Morgan fingerprint density at radius 3 is 2.88 bits per heavy atom. The Kier molecular flexibility index (Phi) is 2.65. The van der Waals surface area contributed by atoms with Crippen molar-refractivity contribution < 1.29 is 9.34 Å². The molecule has 0 aliphatic heterocycles. The van der Waals surface area contributed by atoms with Gasteiger partial charge in [0.2, 0.25) is 11.7 Å². The van der Waals surface area contributed by atoms with Crippen LogP contribution < -0.4 is 0 Å². The Hall–Kier alpha value is -1.83. The molecule has 0 N–H and O–H groups in total. The summed E-state index contributed by atoms with van der Waals surface area (Å²) < 4.78 is 6.41. The van der Waals surface area contributed by atoms with Crippen molar-refractivity contribution >= 4 is 18.4 Å². The van der Waals surface area contributed by atoms with E-state index in [1.807, 2.05) is 0 Å². The molecule has 2 rings (SSSR count). The third kappa shape index (κ3) is 1.67. The topological polar surface area (TPSA) is 87.0 Å². The molecule has 84 valence electrons. The van der Waals surface area contributed by atoms with Crippen molar-refractivity contribution in [3.05, 3.63) is 40.5 Å². The number of rotatable bonds is 3. The molecule has 0 aliphatic rings. The molecule has 0 bridgehead atoms. The second kappa shape index (κ2) is 3.97. The van der Waals surface area contributed by atoms with Crippen molar-refractivity contribution in [3.63, 3.8) is 0 Å². The van der Waals surface area contributed by atoms with Crippen LogP contribution in [0.25, 0.3) is 0 Å². The highest BCUT2D eigenvalue weighted by Crippen LogP contribution is 2.27. The molecular weight excluding hydrogens is 232 g/mol. The average Bonchev–Trinajstić information content (AvgIpc) is 2.84. The van der Waals surface area contributed by atoms with Crippen molar-refractivity contribution in [2.75, 3.05) is 0 Å². The maximum Gasteiger partial charge on any atom is 0.342 e. The second-order valence-corrected chi connectivity index (χ2v) is 3.58. The van der Waals surface area contributed by atoms with Gasteiger partial charge in [-0.3, -0.25) is 0 Å². The van der Waals surface area contributed by atoms with Gasteiger partial charge >= 0.3 is 5.82 Å². The zero-order chi connectivity index (χ0) is 11.7. The van der Waals surface area contributed by atoms with E-state index >= 15 is 0 Å². The van der Waals surface area contributed by atoms with E-state index in [0.717, 1.165) is 0 Å². The van der Waals surface area contributed by atoms with Crippen LogP contribution in [-0.4, -0.2) is 19.5 Å². The normalized spacial score (nSPS) is 12.6. The molecule has 1 unspecified atom stereocenters. The first-order chi connectivity index (χ1) is 7.61. The zero-order valence-corrected chi connectivity index (χ0v) is 9.16. The van der Waals surface area contributed by atoms with Gasteiger partial charge in [0, 0.05) is 0 Å². The minimum absolute atomic E-state index is 0.0967. The third-order valence-corrected chi connectivity index (χ3v) is 2.57. The Bertz CT molecular complexity index is 507. The molecule has 2 aromatic heterocycles. The Labute approximate surface area is 95.7 Å². The van der Waals surface area contributed by atoms with Crippen molar-refractivity contribution in [1.82, 2.24) is 14.5 Å². The Balaban J connectivity index is 2.38. The van der Waals surface area contributed by atoms with Crippen LogP contribution in [0.15, 0.2) is 23.1 Å². The van der Waals surface area contributed by atoms with Crippen LogP contribution >= 0.6 is 12.6 Å². The Morgan fingerprint density at radius 1 is 1.62 bits per heavy atom. The van der Waals surface area contributed by atoms with Crippen LogP contribution in [0.2, 0.25) is 0 Å². The number of aromatic nitrogens is 3. The first kappa shape index (κ1) is 10.7. The predicted octanol–water partition coefficient (Wildman–Crippen LogP) is 1.34. The number of hydrogen-bond donors (Lipinski definition) is 1. The average molecular weight is 240 g/mol. The zero-order valence-electron chi connectivity index (χ0n) is 8.27. The van der Waals surface area contributed by atoms with E-state index in [-0.39, 0.29) is 5.82 Å². The number of oxazole rings is 1. The molecule has 2 aromatic rings. The van der Waals surface area contributed by atoms with Crippen LogP contribution in [0.1, 0.15) is 17.0 Å². The lowest BCUT2D eigenvalue weighted by atomic mass is 10.4. The van der Waals surface area contributed by atoms with Crippen LogP contribution in [0.5, 0.6) is 0 Å². The van der Waals surface area contributed by atoms with Crippen molar-refractivity contribution in [2.24, 2.45) is 7.05 Å². The summed E-state index contributed by atoms with van der Waals surface area (Å²) in [6.45, 7) is 0. The van der Waals surface area contributed by atoms with E-state index in [9.17, 15) is 10.1 Å². The van der Waals surface area contributed by atoms with Gasteiger partial charge in [0.1, 0.15) is 12.5 Å². The molecular formula is C8H8N4O3S. The van der Waals surface area contributed by atoms with E-state index in [2.05, 4.69) is 22.6 Å². The summed E-state index contributed by atoms with van der Waals surface area (Å²) >= 11 is 4.26. The van der Waals surface area contributed by atoms with Gasteiger partial charge in [-0.05, 0) is 4.92 Å². The van der Waals surface area contributed by atoms with Crippen LogP contribution in [0.4, 0.5) is 5.82 Å². The summed E-state index contributed by atoms with van der Waals surface area (Å²) in [6, 6.07) is 0. The summed E-state index contributed by atoms with van der Waals surface area (Å²) in [5, 5.41) is 10.1. The molecule has 0 saturated carbocycles. The minimum atomic E-state index is -0.520. The summed E-state index contributed by atoms with van der Waals surface area (Å²) in [6.07, 6.45) is 4.08. The molecule has 0 aliphatic carbocycles. The van der Waals surface area contributed by atoms with Gasteiger partial charge < -0.3 is 14.5 Å². The maximum atomic E-state index is 10.6. The lowest BCUT2D eigenvalue weighted by Gasteiger charge is -2.02. The Morgan fingerprint density at radius 2 is 2.38 bits per heavy atom. The molecule has 16 heavy (non-hydrogen) atoms. The van der Waals surface area contributed by atoms with Gasteiger partial charge in [-0.2, -0.15) is 12.6 Å². The van der Waals surface area contributed by atoms with Crippen LogP contribution in [0.3, 0.4) is 0 Å². The third-order valence-electron chi connectivity index (χ3n) is 2.12. The van der Waals surface area contributed by atoms with Gasteiger partial charge in [0.05, 0.1) is 13.2 Å². The largest absolute Gasteiger partial charge is 0.447 e. The molecule has 8 heteroatoms. The summed E-state index contributed by atoms with van der Waals surface area (Å²) in [7, 11) is 1.55. The highest BCUT2D eigenvalue weighted by molar-refractivity contribution is 7.80. The highest BCUT2D eigenvalue weighted by Gasteiger charge is 2.25. The van der Waals surface area contributed by atoms with Crippen molar-refractivity contribution in [3.8, 4) is 0 Å². The van der Waals surface area contributed by atoms with E-state index in [1.54, 1.807) is 7.05 Å². The van der Waals surface area contributed by atoms with Crippen molar-refractivity contribution in [2.45, 2.75) is 5.25 Å². The second-order valence-electron chi connectivity index (χ2n) is 3.06. The highest BCUT2D eigenvalue weighted by atomic mass is 32.1. The minimum Gasteiger partial charge on any atom is -0.447 e. The number of imidazole rings is 1. The van der Waals surface area contributed by atoms with E-state index in [4.69, 9.17) is 4.42 Å². The quantitative estimate of drug-likeness (QED) is 0.497. The molecule has 0 saturated heterocycles. The van der Waals surface area contributed by atoms with Gasteiger partial charge in [-0.25, -0.2) is 14.5 Å². The summed E-state index contributed by atoms with van der Waals surface area (Å²) in [4.78, 5) is 18.0. The van der Waals surface area contributed by atoms with Gasteiger partial charge in [0.15, 0.2) is 5.25 Å². The fourth-order valence-corrected chi connectivity index (χ4v) is 1.69. The molecule has 0 amide bonds. The molecule has 0 fully saturated rings. The standard InChI is InChI=1S/C8H8N4O3S/c1-11-5(12(13)14)4-10-7(11)6(16)8-9-2-3-15-8/h2-4,6,16H,1H3. The molecule has 0 aromatic carbocycles. The first-order valence-corrected chi connectivity index (χ1v) is 4.86. The number of nitro groups is 1. The SMILES string of the molecule is Cn1c([N+](=O)[O-])cnc1C(S)c1ncco1. The van der Waals surface area contributed by atoms with Crippen molar-refractivity contribution in [1.29, 1.82) is 0 Å². The fraction of sp³-hybridized carbons (Fsp3) is 0.250. The van der Waals surface area contributed by atoms with Gasteiger partial charge in [0.25, 0.3) is 0 Å². The molecule has 2 heterocycles. The fourth-order valence-electron chi connectivity index (χ4n) is 1.32. The van der Waals surface area contributed by atoms with E-state index in [0.29, 0.717) is 11.7 Å². The molecule has 0 radical (unpaired) electrons. The summed E-state index contributed by atoms with van der Waals surface area (Å²) in [5.41, 5.74) is 0. The lowest BCUT2D eigenvalue weighted by molar-refractivity contribution is -0.391. The van der Waals surface area contributed by atoms with Gasteiger partial charge in [-0.1, -0.05) is 0 Å². The molecule has 1 atom stereocenters. The first-order valence-electron chi connectivity index (χ1n) is 4.34. The predicted molar refractivity (Wildman–Crippen MR) is 57.2 cm³/mol. The monoisotopic (exact) mass is 240 g/mol. The smallest absolute Gasteiger partial charge is 0.342 e. The molecule has 7 nitrogen and oxygen atoms in total. The lowest BCUT2D eigenvalue weighted by Crippen LogP contribution is -2.05. The molecule has 0 spiro atoms. The number of nitrogens with zero attached hydrogens (tertiary/aromatic N) is 4. The summed E-state index contributed by atoms with van der Waals surface area (Å²) in [5.74, 6) is 0.671. The van der Waals surface area contributed by atoms with E-state index < -0.39 is 10.2 Å². The van der Waals surface area contributed by atoms with E-state index in [1.165, 1.54) is 23.2 Å². The van der Waals surface area contributed by atoms with Crippen LogP contribution in [-0.2, 0) is 7.05 Å². The van der Waals surface area contributed by atoms with Crippen LogP contribution in [0, 0.1) is 10.1 Å². The maximum absolute atomic E-state index is 10.6. The number of hydrogen-bond acceptors (Lipinski definition) is 6.